The van der Waals surface area contributed by atoms with Crippen molar-refractivity contribution >= 4 is 11.5 Å². The summed E-state index contributed by atoms with van der Waals surface area (Å²) in [6, 6.07) is 10.0. The molecule has 3 rings (SSSR count). The summed E-state index contributed by atoms with van der Waals surface area (Å²) in [6.45, 7) is 0.875. The van der Waals surface area contributed by atoms with Gasteiger partial charge in [0.25, 0.3) is 0 Å². The van der Waals surface area contributed by atoms with Crippen molar-refractivity contribution in [1.29, 1.82) is 0 Å². The first-order valence-corrected chi connectivity index (χ1v) is 6.44. The monoisotopic (exact) mass is 271 g/mol. The minimum atomic E-state index is -0.617. The van der Waals surface area contributed by atoms with Gasteiger partial charge < -0.3 is 10.1 Å². The maximum atomic E-state index is 14.1. The molecule has 0 radical (unpaired) electrons. The lowest BCUT2D eigenvalue weighted by Gasteiger charge is -2.08. The number of methoxy groups -OCH3 is 1. The molecule has 20 heavy (non-hydrogen) atoms. The van der Waals surface area contributed by atoms with Gasteiger partial charge in [0.1, 0.15) is 0 Å². The van der Waals surface area contributed by atoms with Gasteiger partial charge in [-0.1, -0.05) is 18.2 Å². The molecule has 0 saturated heterocycles. The van der Waals surface area contributed by atoms with Gasteiger partial charge in [-0.05, 0) is 30.2 Å². The first-order valence-electron chi connectivity index (χ1n) is 6.44. The van der Waals surface area contributed by atoms with Crippen LogP contribution in [-0.2, 0) is 6.42 Å². The number of nitrogens with one attached hydrogen (secondary N) is 1. The van der Waals surface area contributed by atoms with Gasteiger partial charge in [0, 0.05) is 17.8 Å². The molecule has 0 fully saturated rings. The van der Waals surface area contributed by atoms with Crippen LogP contribution in [-0.4, -0.2) is 19.4 Å². The lowest BCUT2D eigenvalue weighted by molar-refractivity contribution is 0.103. The first kappa shape index (κ1) is 12.7. The number of carbonyl (C=O) groups excluding carboxylic acids is 1. The first-order chi connectivity index (χ1) is 9.70. The van der Waals surface area contributed by atoms with Gasteiger partial charge in [-0.15, -0.1) is 0 Å². The van der Waals surface area contributed by atoms with E-state index in [9.17, 15) is 9.18 Å². The summed E-state index contributed by atoms with van der Waals surface area (Å²) in [5.41, 5.74) is 2.65. The van der Waals surface area contributed by atoms with Crippen molar-refractivity contribution in [2.45, 2.75) is 6.42 Å². The summed E-state index contributed by atoms with van der Waals surface area (Å²) in [4.78, 5) is 12.4. The van der Waals surface area contributed by atoms with Crippen molar-refractivity contribution in [1.82, 2.24) is 0 Å². The zero-order valence-corrected chi connectivity index (χ0v) is 11.1. The third-order valence-electron chi connectivity index (χ3n) is 3.51. The summed E-state index contributed by atoms with van der Waals surface area (Å²) in [5.74, 6) is -0.874. The Morgan fingerprint density at radius 2 is 2.15 bits per heavy atom. The minimum absolute atomic E-state index is 0.0299. The standard InChI is InChI=1S/C16H14FNO2/c1-20-14-4-2-3-12(15(14)17)16(19)11-6-5-10-7-8-18-13(10)9-11/h2-6,9,18H,7-8H2,1H3. The van der Waals surface area contributed by atoms with E-state index in [1.807, 2.05) is 6.07 Å². The number of fused-ring (bicyclic) bond motifs is 1. The molecule has 2 aromatic rings. The maximum Gasteiger partial charge on any atom is 0.196 e. The molecular formula is C16H14FNO2. The SMILES string of the molecule is COc1cccc(C(=O)c2ccc3c(c2)NCC3)c1F. The number of halogens is 1. The minimum Gasteiger partial charge on any atom is -0.494 e. The molecule has 0 aromatic heterocycles. The highest BCUT2D eigenvalue weighted by molar-refractivity contribution is 6.10. The summed E-state index contributed by atoms with van der Waals surface area (Å²) in [5, 5.41) is 3.21. The van der Waals surface area contributed by atoms with Gasteiger partial charge in [0.05, 0.1) is 12.7 Å². The van der Waals surface area contributed by atoms with Crippen molar-refractivity contribution in [3.63, 3.8) is 0 Å². The van der Waals surface area contributed by atoms with E-state index in [4.69, 9.17) is 4.74 Å². The predicted molar refractivity (Wildman–Crippen MR) is 75.0 cm³/mol. The van der Waals surface area contributed by atoms with E-state index in [2.05, 4.69) is 5.32 Å². The highest BCUT2D eigenvalue weighted by Crippen LogP contribution is 2.26. The number of hydrogen-bond acceptors (Lipinski definition) is 3. The zero-order chi connectivity index (χ0) is 14.1. The molecule has 0 atom stereocenters. The number of anilines is 1. The summed E-state index contributed by atoms with van der Waals surface area (Å²) < 4.78 is 19.0. The van der Waals surface area contributed by atoms with Crippen LogP contribution in [0.5, 0.6) is 5.75 Å². The maximum absolute atomic E-state index is 14.1. The summed E-state index contributed by atoms with van der Waals surface area (Å²) in [6.07, 6.45) is 0.956. The highest BCUT2D eigenvalue weighted by Gasteiger charge is 2.19. The molecular weight excluding hydrogens is 257 g/mol. The third-order valence-corrected chi connectivity index (χ3v) is 3.51. The number of ketones is 1. The van der Waals surface area contributed by atoms with Gasteiger partial charge >= 0.3 is 0 Å². The van der Waals surface area contributed by atoms with Gasteiger partial charge in [-0.2, -0.15) is 0 Å². The molecule has 0 bridgehead atoms. The van der Waals surface area contributed by atoms with E-state index in [0.717, 1.165) is 18.7 Å². The molecule has 1 N–H and O–H groups in total. The number of hydrogen-bond donors (Lipinski definition) is 1. The van der Waals surface area contributed by atoms with Crippen molar-refractivity contribution < 1.29 is 13.9 Å². The van der Waals surface area contributed by atoms with Gasteiger partial charge in [0.15, 0.2) is 17.3 Å². The smallest absolute Gasteiger partial charge is 0.196 e. The van der Waals surface area contributed by atoms with Crippen LogP contribution in [0.1, 0.15) is 21.5 Å². The van der Waals surface area contributed by atoms with E-state index in [1.165, 1.54) is 24.8 Å². The Kier molecular flexibility index (Phi) is 3.14. The van der Waals surface area contributed by atoms with Crippen LogP contribution in [0.4, 0.5) is 10.1 Å². The van der Waals surface area contributed by atoms with E-state index in [-0.39, 0.29) is 17.1 Å². The van der Waals surface area contributed by atoms with E-state index in [0.29, 0.717) is 5.56 Å². The largest absolute Gasteiger partial charge is 0.494 e. The molecule has 4 heteroatoms. The van der Waals surface area contributed by atoms with Crippen LogP contribution in [0.15, 0.2) is 36.4 Å². The Labute approximate surface area is 116 Å². The van der Waals surface area contributed by atoms with Crippen molar-refractivity contribution in [3.05, 3.63) is 58.9 Å². The summed E-state index contributed by atoms with van der Waals surface area (Å²) >= 11 is 0. The van der Waals surface area contributed by atoms with Crippen molar-refractivity contribution in [2.24, 2.45) is 0 Å². The fourth-order valence-corrected chi connectivity index (χ4v) is 2.43. The zero-order valence-electron chi connectivity index (χ0n) is 11.1. The Balaban J connectivity index is 2.01. The van der Waals surface area contributed by atoms with Gasteiger partial charge in [0.2, 0.25) is 0 Å². The number of ether oxygens (including phenoxy) is 1. The molecule has 0 spiro atoms. The van der Waals surface area contributed by atoms with Crippen LogP contribution < -0.4 is 10.1 Å². The molecule has 1 aliphatic heterocycles. The Hall–Kier alpha value is -2.36. The lowest BCUT2D eigenvalue weighted by atomic mass is 10.0. The van der Waals surface area contributed by atoms with Crippen LogP contribution in [0, 0.1) is 5.82 Å². The second kappa shape index (κ2) is 4.96. The lowest BCUT2D eigenvalue weighted by Crippen LogP contribution is -2.06. The molecule has 0 unspecified atom stereocenters. The second-order valence-corrected chi connectivity index (χ2v) is 4.70. The number of rotatable bonds is 3. The normalized spacial score (nSPS) is 12.7. The van der Waals surface area contributed by atoms with E-state index in [1.54, 1.807) is 18.2 Å². The second-order valence-electron chi connectivity index (χ2n) is 4.70. The Bertz CT molecular complexity index is 682. The Morgan fingerprint density at radius 3 is 2.95 bits per heavy atom. The van der Waals surface area contributed by atoms with Gasteiger partial charge in [-0.3, -0.25) is 4.79 Å². The van der Waals surface area contributed by atoms with Crippen LogP contribution in [0.3, 0.4) is 0 Å². The highest BCUT2D eigenvalue weighted by atomic mass is 19.1. The average Bonchev–Trinajstić information content (AvgIpc) is 2.94. The molecule has 2 aromatic carbocycles. The average molecular weight is 271 g/mol. The van der Waals surface area contributed by atoms with Crippen molar-refractivity contribution in [3.8, 4) is 5.75 Å². The van der Waals surface area contributed by atoms with E-state index >= 15 is 0 Å². The third kappa shape index (κ3) is 2.03. The molecule has 1 heterocycles. The molecule has 1 aliphatic rings. The Morgan fingerprint density at radius 1 is 1.30 bits per heavy atom. The molecule has 3 nitrogen and oxygen atoms in total. The van der Waals surface area contributed by atoms with Crippen LogP contribution >= 0.6 is 0 Å². The van der Waals surface area contributed by atoms with E-state index < -0.39 is 5.82 Å². The molecule has 0 amide bonds. The fraction of sp³-hybridized carbons (Fsp3) is 0.188. The summed E-state index contributed by atoms with van der Waals surface area (Å²) in [7, 11) is 1.38. The number of carbonyl (C=O) groups is 1. The predicted octanol–water partition coefficient (Wildman–Crippen LogP) is 3.03. The molecule has 0 aliphatic carbocycles. The molecule has 102 valence electrons. The number of benzene rings is 2. The topological polar surface area (TPSA) is 38.3 Å². The quantitative estimate of drug-likeness (QED) is 0.872. The molecule has 0 saturated carbocycles. The van der Waals surface area contributed by atoms with Crippen LogP contribution in [0.2, 0.25) is 0 Å². The van der Waals surface area contributed by atoms with Crippen molar-refractivity contribution in [2.75, 3.05) is 19.0 Å². The van der Waals surface area contributed by atoms with Crippen LogP contribution in [0.25, 0.3) is 0 Å². The van der Waals surface area contributed by atoms with Gasteiger partial charge in [-0.25, -0.2) is 4.39 Å². The fourth-order valence-electron chi connectivity index (χ4n) is 2.43.